The van der Waals surface area contributed by atoms with Gasteiger partial charge in [0.15, 0.2) is 5.82 Å². The number of aryl methyl sites for hydroxylation is 1. The number of hydrogen-bond donors (Lipinski definition) is 2. The van der Waals surface area contributed by atoms with Gasteiger partial charge in [0.25, 0.3) is 0 Å². The summed E-state index contributed by atoms with van der Waals surface area (Å²) in [5.74, 6) is -0.409. The van der Waals surface area contributed by atoms with Gasteiger partial charge in [-0.3, -0.25) is 0 Å². The summed E-state index contributed by atoms with van der Waals surface area (Å²) in [6, 6.07) is 4.88. The Morgan fingerprint density at radius 2 is 1.85 bits per heavy atom. The fourth-order valence-electron chi connectivity index (χ4n) is 3.97. The molecule has 33 heavy (non-hydrogen) atoms. The van der Waals surface area contributed by atoms with Crippen LogP contribution in [0, 0.1) is 12.7 Å². The highest BCUT2D eigenvalue weighted by molar-refractivity contribution is 5.94. The van der Waals surface area contributed by atoms with Crippen molar-refractivity contribution in [3.05, 3.63) is 53.1 Å². The predicted octanol–water partition coefficient (Wildman–Crippen LogP) is 3.70. The smallest absolute Gasteiger partial charge is 0.354 e. The minimum absolute atomic E-state index is 0.246. The molecular formula is C22H25F4N7. The first-order valence-corrected chi connectivity index (χ1v) is 10.7. The maximum atomic E-state index is 14.6. The van der Waals surface area contributed by atoms with E-state index in [1.165, 1.54) is 6.07 Å². The Morgan fingerprint density at radius 3 is 2.52 bits per heavy atom. The van der Waals surface area contributed by atoms with Crippen molar-refractivity contribution in [2.45, 2.75) is 26.2 Å². The Kier molecular flexibility index (Phi) is 6.35. The van der Waals surface area contributed by atoms with E-state index >= 15 is 0 Å². The maximum Gasteiger partial charge on any atom is 0.419 e. The van der Waals surface area contributed by atoms with Crippen LogP contribution < -0.4 is 16.0 Å². The minimum atomic E-state index is -4.82. The highest BCUT2D eigenvalue weighted by Gasteiger charge is 2.35. The summed E-state index contributed by atoms with van der Waals surface area (Å²) >= 11 is 0. The second-order valence-electron chi connectivity index (χ2n) is 7.97. The van der Waals surface area contributed by atoms with E-state index in [0.29, 0.717) is 17.1 Å². The lowest BCUT2D eigenvalue weighted by molar-refractivity contribution is -0.140. The van der Waals surface area contributed by atoms with Gasteiger partial charge in [0.05, 0.1) is 11.3 Å². The molecule has 0 spiro atoms. The van der Waals surface area contributed by atoms with Crippen LogP contribution in [-0.2, 0) is 6.18 Å². The summed E-state index contributed by atoms with van der Waals surface area (Å²) in [6.45, 7) is 8.39. The van der Waals surface area contributed by atoms with Gasteiger partial charge in [-0.05, 0) is 25.6 Å². The van der Waals surface area contributed by atoms with Gasteiger partial charge in [0.1, 0.15) is 17.8 Å². The van der Waals surface area contributed by atoms with E-state index in [-0.39, 0.29) is 11.4 Å². The molecule has 3 N–H and O–H groups in total. The second-order valence-corrected chi connectivity index (χ2v) is 7.97. The summed E-state index contributed by atoms with van der Waals surface area (Å²) < 4.78 is 53.9. The number of nitrogens with two attached hydrogens (primary N) is 1. The fourth-order valence-corrected chi connectivity index (χ4v) is 3.97. The second kappa shape index (κ2) is 9.06. The number of rotatable bonds is 5. The molecule has 1 aromatic carbocycles. The highest BCUT2D eigenvalue weighted by Crippen LogP contribution is 2.34. The zero-order valence-corrected chi connectivity index (χ0v) is 18.3. The normalized spacial score (nSPS) is 16.3. The highest BCUT2D eigenvalue weighted by atomic mass is 19.4. The van der Waals surface area contributed by atoms with Gasteiger partial charge in [-0.2, -0.15) is 18.3 Å². The van der Waals surface area contributed by atoms with Crippen molar-refractivity contribution in [3.8, 4) is 0 Å². The number of pyridine rings is 1. The SMILES string of the molecule is CCN1CCN(c2cc3c(N[C@H](N)c4cccc(C(F)(F)F)c4F)nnc(C)c3cn2)CC1. The van der Waals surface area contributed by atoms with Gasteiger partial charge in [-0.15, -0.1) is 5.10 Å². The Bertz CT molecular complexity index is 1140. The molecule has 2 aromatic heterocycles. The molecule has 1 aliphatic heterocycles. The number of halogens is 4. The number of aromatic nitrogens is 3. The molecule has 4 rings (SSSR count). The zero-order valence-electron chi connectivity index (χ0n) is 18.3. The molecule has 1 saturated heterocycles. The molecule has 7 nitrogen and oxygen atoms in total. The average molecular weight is 463 g/mol. The van der Waals surface area contributed by atoms with Crippen molar-refractivity contribution < 1.29 is 17.6 Å². The van der Waals surface area contributed by atoms with Crippen molar-refractivity contribution in [1.82, 2.24) is 20.1 Å². The molecule has 0 unspecified atom stereocenters. The van der Waals surface area contributed by atoms with Crippen LogP contribution in [0.15, 0.2) is 30.5 Å². The lowest BCUT2D eigenvalue weighted by atomic mass is 10.1. The third kappa shape index (κ3) is 4.69. The molecule has 1 atom stereocenters. The van der Waals surface area contributed by atoms with Gasteiger partial charge in [-0.25, -0.2) is 9.37 Å². The molecule has 0 amide bonds. The van der Waals surface area contributed by atoms with Crippen molar-refractivity contribution in [3.63, 3.8) is 0 Å². The van der Waals surface area contributed by atoms with E-state index in [1.54, 1.807) is 13.1 Å². The van der Waals surface area contributed by atoms with Crippen molar-refractivity contribution in [1.29, 1.82) is 0 Å². The van der Waals surface area contributed by atoms with Crippen LogP contribution in [0.25, 0.3) is 10.8 Å². The fraction of sp³-hybridized carbons (Fsp3) is 0.409. The van der Waals surface area contributed by atoms with E-state index in [4.69, 9.17) is 5.73 Å². The summed E-state index contributed by atoms with van der Waals surface area (Å²) in [4.78, 5) is 9.08. The summed E-state index contributed by atoms with van der Waals surface area (Å²) in [5, 5.41) is 12.5. The van der Waals surface area contributed by atoms with Gasteiger partial charge in [0, 0.05) is 48.7 Å². The number of piperazine rings is 1. The number of fused-ring (bicyclic) bond motifs is 1. The minimum Gasteiger partial charge on any atom is -0.354 e. The largest absolute Gasteiger partial charge is 0.419 e. The lowest BCUT2D eigenvalue weighted by Crippen LogP contribution is -2.46. The molecule has 0 aliphatic carbocycles. The standard InChI is InChI=1S/C22H25F4N7/c1-3-32-7-9-33(10-8-32)18-11-15-16(12-28-18)13(2)30-31-21(15)29-20(27)14-5-4-6-17(19(14)23)22(24,25)26/h4-6,11-12,20H,3,7-10,27H2,1-2H3,(H,29,31)/t20-/m0/s1. The van der Waals surface area contributed by atoms with E-state index < -0.39 is 23.7 Å². The van der Waals surface area contributed by atoms with Crippen molar-refractivity contribution >= 4 is 22.4 Å². The summed E-state index contributed by atoms with van der Waals surface area (Å²) in [7, 11) is 0. The van der Waals surface area contributed by atoms with Gasteiger partial charge >= 0.3 is 6.18 Å². The first kappa shape index (κ1) is 23.1. The maximum absolute atomic E-state index is 14.6. The molecular weight excluding hydrogens is 438 g/mol. The molecule has 11 heteroatoms. The van der Waals surface area contributed by atoms with Crippen LogP contribution in [0.3, 0.4) is 0 Å². The lowest BCUT2D eigenvalue weighted by Gasteiger charge is -2.34. The Morgan fingerprint density at radius 1 is 1.12 bits per heavy atom. The Balaban J connectivity index is 1.66. The van der Waals surface area contributed by atoms with Crippen LogP contribution in [0.1, 0.15) is 29.9 Å². The summed E-state index contributed by atoms with van der Waals surface area (Å²) in [6.07, 6.45) is -4.39. The van der Waals surface area contributed by atoms with E-state index in [2.05, 4.69) is 37.2 Å². The van der Waals surface area contributed by atoms with Crippen LogP contribution in [-0.4, -0.2) is 52.8 Å². The number of benzene rings is 1. The number of likely N-dealkylation sites (N-methyl/N-ethyl adjacent to an activating group) is 1. The van der Waals surface area contributed by atoms with E-state index in [9.17, 15) is 17.6 Å². The van der Waals surface area contributed by atoms with Crippen LogP contribution in [0.4, 0.5) is 29.2 Å². The molecule has 1 fully saturated rings. The van der Waals surface area contributed by atoms with Crippen LogP contribution in [0.2, 0.25) is 0 Å². The Hall–Kier alpha value is -3.05. The molecule has 0 radical (unpaired) electrons. The molecule has 1 aliphatic rings. The number of hydrogen-bond acceptors (Lipinski definition) is 7. The van der Waals surface area contributed by atoms with Gasteiger partial charge in [0.2, 0.25) is 0 Å². The predicted molar refractivity (Wildman–Crippen MR) is 118 cm³/mol. The van der Waals surface area contributed by atoms with E-state index in [1.807, 2.05) is 6.07 Å². The Labute approximate surface area is 188 Å². The molecule has 3 heterocycles. The first-order chi connectivity index (χ1) is 15.7. The van der Waals surface area contributed by atoms with Gasteiger partial charge in [-0.1, -0.05) is 19.1 Å². The molecule has 0 saturated carbocycles. The number of nitrogens with zero attached hydrogens (tertiary/aromatic N) is 5. The van der Waals surface area contributed by atoms with Crippen molar-refractivity contribution in [2.75, 3.05) is 42.9 Å². The molecule has 0 bridgehead atoms. The molecule has 3 aromatic rings. The monoisotopic (exact) mass is 463 g/mol. The topological polar surface area (TPSA) is 83.2 Å². The quantitative estimate of drug-likeness (QED) is 0.441. The number of anilines is 2. The summed E-state index contributed by atoms with van der Waals surface area (Å²) in [5.41, 5.74) is 5.03. The van der Waals surface area contributed by atoms with E-state index in [0.717, 1.165) is 50.0 Å². The number of alkyl halides is 3. The van der Waals surface area contributed by atoms with Crippen LogP contribution in [0.5, 0.6) is 0 Å². The van der Waals surface area contributed by atoms with Crippen molar-refractivity contribution in [2.24, 2.45) is 5.73 Å². The first-order valence-electron chi connectivity index (χ1n) is 10.7. The van der Waals surface area contributed by atoms with Gasteiger partial charge < -0.3 is 20.9 Å². The molecule has 176 valence electrons. The van der Waals surface area contributed by atoms with Crippen LogP contribution >= 0.6 is 0 Å². The zero-order chi connectivity index (χ0) is 23.8. The average Bonchev–Trinajstić information content (AvgIpc) is 2.80. The number of nitrogens with one attached hydrogen (secondary N) is 1. The third-order valence-corrected chi connectivity index (χ3v) is 5.94. The third-order valence-electron chi connectivity index (χ3n) is 5.94.